The highest BCUT2D eigenvalue weighted by Gasteiger charge is 2.24. The monoisotopic (exact) mass is 400 g/mol. The summed E-state index contributed by atoms with van der Waals surface area (Å²) in [5.41, 5.74) is 8.83. The maximum atomic E-state index is 4.26. The number of hydrogen-bond donors (Lipinski definition) is 0. The van der Waals surface area contributed by atoms with E-state index in [9.17, 15) is 0 Å². The molecule has 2 saturated carbocycles. The summed E-state index contributed by atoms with van der Waals surface area (Å²) in [5.74, 6) is 2.38. The Morgan fingerprint density at radius 1 is 0.767 bits per heavy atom. The van der Waals surface area contributed by atoms with Crippen LogP contribution in [0, 0.1) is 12.8 Å². The van der Waals surface area contributed by atoms with Crippen LogP contribution in [0.15, 0.2) is 54.6 Å². The largest absolute Gasteiger partial charge is 0.0999 e. The molecule has 0 aromatic heterocycles. The van der Waals surface area contributed by atoms with Gasteiger partial charge in [-0.05, 0) is 98.3 Å². The standard InChI is InChI=1S/C30H40/c1-4-22(2)18-24-12-16-27(17-13-24)30-20-28(25-8-6-5-7-9-25)19-29(21-30)26-14-10-23(3)11-15-26/h10-11,14-15,19-21,24-25,27H,2,4-9,12-13,16-18H2,1,3H3. The van der Waals surface area contributed by atoms with Crippen LogP contribution in [-0.4, -0.2) is 0 Å². The summed E-state index contributed by atoms with van der Waals surface area (Å²) >= 11 is 0. The van der Waals surface area contributed by atoms with Crippen molar-refractivity contribution in [1.82, 2.24) is 0 Å². The van der Waals surface area contributed by atoms with Crippen LogP contribution in [0.4, 0.5) is 0 Å². The lowest BCUT2D eigenvalue weighted by Gasteiger charge is -2.31. The lowest BCUT2D eigenvalue weighted by Crippen LogP contribution is -2.14. The molecule has 0 atom stereocenters. The SMILES string of the molecule is C=C(CC)CC1CCC(c2cc(-c3ccc(C)cc3)cc(C3CCCCC3)c2)CC1. The van der Waals surface area contributed by atoms with E-state index in [0.717, 1.165) is 24.2 Å². The van der Waals surface area contributed by atoms with Gasteiger partial charge in [0.25, 0.3) is 0 Å². The molecule has 2 aliphatic carbocycles. The van der Waals surface area contributed by atoms with Crippen molar-refractivity contribution in [2.75, 3.05) is 0 Å². The molecule has 0 radical (unpaired) electrons. The third kappa shape index (κ3) is 5.26. The molecular formula is C30H40. The molecule has 0 heterocycles. The smallest absolute Gasteiger partial charge is 0.0161 e. The Morgan fingerprint density at radius 3 is 1.97 bits per heavy atom. The van der Waals surface area contributed by atoms with Gasteiger partial charge in [-0.25, -0.2) is 0 Å². The van der Waals surface area contributed by atoms with E-state index in [1.165, 1.54) is 86.5 Å². The average molecular weight is 401 g/mol. The predicted octanol–water partition coefficient (Wildman–Crippen LogP) is 9.34. The fourth-order valence-corrected chi connectivity index (χ4v) is 5.75. The third-order valence-electron chi connectivity index (χ3n) is 7.83. The van der Waals surface area contributed by atoms with Crippen molar-refractivity contribution in [3.63, 3.8) is 0 Å². The molecule has 0 heteroatoms. The molecule has 4 rings (SSSR count). The molecule has 0 nitrogen and oxygen atoms in total. The maximum absolute atomic E-state index is 4.26. The fraction of sp³-hybridized carbons (Fsp3) is 0.533. The van der Waals surface area contributed by atoms with Crippen LogP contribution in [0.2, 0.25) is 0 Å². The number of aryl methyl sites for hydroxylation is 1. The first-order valence-electron chi connectivity index (χ1n) is 12.5. The van der Waals surface area contributed by atoms with Gasteiger partial charge in [0.1, 0.15) is 0 Å². The zero-order valence-corrected chi connectivity index (χ0v) is 19.3. The molecule has 2 aromatic carbocycles. The minimum atomic E-state index is 0.740. The normalized spacial score (nSPS) is 22.7. The highest BCUT2D eigenvalue weighted by atomic mass is 14.3. The molecule has 160 valence electrons. The number of hydrogen-bond acceptors (Lipinski definition) is 0. The quantitative estimate of drug-likeness (QED) is 0.424. The summed E-state index contributed by atoms with van der Waals surface area (Å²) < 4.78 is 0. The van der Waals surface area contributed by atoms with Gasteiger partial charge in [-0.1, -0.05) is 86.4 Å². The van der Waals surface area contributed by atoms with Gasteiger partial charge in [-0.2, -0.15) is 0 Å². The van der Waals surface area contributed by atoms with Crippen molar-refractivity contribution in [1.29, 1.82) is 0 Å². The minimum absolute atomic E-state index is 0.740. The van der Waals surface area contributed by atoms with Crippen LogP contribution in [-0.2, 0) is 0 Å². The first-order chi connectivity index (χ1) is 14.6. The maximum Gasteiger partial charge on any atom is -0.0161 e. The van der Waals surface area contributed by atoms with E-state index in [0.29, 0.717) is 0 Å². The molecule has 0 amide bonds. The number of benzene rings is 2. The van der Waals surface area contributed by atoms with Crippen LogP contribution in [0.1, 0.15) is 106 Å². The summed E-state index contributed by atoms with van der Waals surface area (Å²) in [7, 11) is 0. The van der Waals surface area contributed by atoms with Crippen molar-refractivity contribution in [3.8, 4) is 11.1 Å². The third-order valence-corrected chi connectivity index (χ3v) is 7.83. The van der Waals surface area contributed by atoms with Gasteiger partial charge in [0.15, 0.2) is 0 Å². The predicted molar refractivity (Wildman–Crippen MR) is 131 cm³/mol. The Morgan fingerprint density at radius 2 is 1.37 bits per heavy atom. The Kier molecular flexibility index (Phi) is 7.13. The zero-order valence-electron chi connectivity index (χ0n) is 19.3. The van der Waals surface area contributed by atoms with Gasteiger partial charge in [0, 0.05) is 0 Å². The van der Waals surface area contributed by atoms with Crippen molar-refractivity contribution in [2.45, 2.75) is 96.3 Å². The zero-order chi connectivity index (χ0) is 20.9. The van der Waals surface area contributed by atoms with Crippen molar-refractivity contribution in [3.05, 3.63) is 71.3 Å². The molecule has 0 unspecified atom stereocenters. The topological polar surface area (TPSA) is 0 Å². The molecule has 30 heavy (non-hydrogen) atoms. The van der Waals surface area contributed by atoms with Gasteiger partial charge in [0.05, 0.1) is 0 Å². The lowest BCUT2D eigenvalue weighted by molar-refractivity contribution is 0.322. The van der Waals surface area contributed by atoms with Gasteiger partial charge in [0.2, 0.25) is 0 Å². The van der Waals surface area contributed by atoms with Crippen LogP contribution in [0.25, 0.3) is 11.1 Å². The summed E-state index contributed by atoms with van der Waals surface area (Å²) in [5, 5.41) is 0. The first kappa shape index (κ1) is 21.4. The van der Waals surface area contributed by atoms with E-state index in [1.54, 1.807) is 11.1 Å². The van der Waals surface area contributed by atoms with Crippen molar-refractivity contribution in [2.24, 2.45) is 5.92 Å². The van der Waals surface area contributed by atoms with E-state index < -0.39 is 0 Å². The van der Waals surface area contributed by atoms with E-state index in [4.69, 9.17) is 0 Å². The van der Waals surface area contributed by atoms with Crippen LogP contribution in [0.3, 0.4) is 0 Å². The molecule has 2 fully saturated rings. The molecule has 0 saturated heterocycles. The highest BCUT2D eigenvalue weighted by Crippen LogP contribution is 2.42. The Labute approximate surface area is 184 Å². The summed E-state index contributed by atoms with van der Waals surface area (Å²) in [6.07, 6.45) is 14.8. The molecule has 0 N–H and O–H groups in total. The second kappa shape index (κ2) is 9.99. The lowest BCUT2D eigenvalue weighted by atomic mass is 9.75. The van der Waals surface area contributed by atoms with E-state index in [1.807, 2.05) is 0 Å². The molecule has 0 bridgehead atoms. The average Bonchev–Trinajstić information content (AvgIpc) is 2.80. The van der Waals surface area contributed by atoms with Gasteiger partial charge in [-0.15, -0.1) is 0 Å². The van der Waals surface area contributed by atoms with E-state index >= 15 is 0 Å². The Balaban J connectivity index is 1.58. The van der Waals surface area contributed by atoms with Crippen LogP contribution >= 0.6 is 0 Å². The van der Waals surface area contributed by atoms with Crippen molar-refractivity contribution >= 4 is 0 Å². The number of rotatable bonds is 6. The van der Waals surface area contributed by atoms with Gasteiger partial charge in [-0.3, -0.25) is 0 Å². The van der Waals surface area contributed by atoms with Gasteiger partial charge < -0.3 is 0 Å². The second-order valence-corrected chi connectivity index (χ2v) is 10.1. The summed E-state index contributed by atoms with van der Waals surface area (Å²) in [6, 6.07) is 16.8. The summed E-state index contributed by atoms with van der Waals surface area (Å²) in [4.78, 5) is 0. The fourth-order valence-electron chi connectivity index (χ4n) is 5.75. The van der Waals surface area contributed by atoms with Crippen molar-refractivity contribution < 1.29 is 0 Å². The van der Waals surface area contributed by atoms with E-state index in [2.05, 4.69) is 62.9 Å². The highest BCUT2D eigenvalue weighted by molar-refractivity contribution is 5.66. The van der Waals surface area contributed by atoms with Crippen LogP contribution < -0.4 is 0 Å². The Hall–Kier alpha value is -1.82. The first-order valence-corrected chi connectivity index (χ1v) is 12.5. The minimum Gasteiger partial charge on any atom is -0.0999 e. The summed E-state index contributed by atoms with van der Waals surface area (Å²) in [6.45, 7) is 8.69. The molecule has 2 aliphatic rings. The molecule has 0 aliphatic heterocycles. The molecular weight excluding hydrogens is 360 g/mol. The van der Waals surface area contributed by atoms with E-state index in [-0.39, 0.29) is 0 Å². The number of allylic oxidation sites excluding steroid dienone is 1. The van der Waals surface area contributed by atoms with Gasteiger partial charge >= 0.3 is 0 Å². The Bertz CT molecular complexity index is 827. The molecule has 0 spiro atoms. The second-order valence-electron chi connectivity index (χ2n) is 10.1. The molecule has 2 aromatic rings. The van der Waals surface area contributed by atoms with Crippen LogP contribution in [0.5, 0.6) is 0 Å².